The number of nitrogens with zero attached hydrogens (tertiary/aromatic N) is 2. The van der Waals surface area contributed by atoms with Gasteiger partial charge in [0, 0.05) is 18.8 Å². The Hall–Kier alpha value is -1.09. The Bertz CT molecular complexity index is 369. The van der Waals surface area contributed by atoms with E-state index in [1.165, 1.54) is 38.0 Å². The summed E-state index contributed by atoms with van der Waals surface area (Å²) in [5.74, 6) is 1.89. The number of hydrogen-bond acceptors (Lipinski definition) is 3. The normalized spacial score (nSPS) is 32.7. The number of hydrogen-bond donors (Lipinski definition) is 1. The van der Waals surface area contributed by atoms with E-state index in [4.69, 9.17) is 0 Å². The van der Waals surface area contributed by atoms with E-state index in [2.05, 4.69) is 28.2 Å². The zero-order valence-electron chi connectivity index (χ0n) is 9.82. The molecule has 3 fully saturated rings. The molecule has 3 heteroatoms. The second-order valence-electron chi connectivity index (χ2n) is 5.11. The first kappa shape index (κ1) is 10.1. The van der Waals surface area contributed by atoms with E-state index >= 15 is 0 Å². The summed E-state index contributed by atoms with van der Waals surface area (Å²) in [7, 11) is 0. The van der Waals surface area contributed by atoms with Crippen molar-refractivity contribution in [3.8, 4) is 0 Å². The van der Waals surface area contributed by atoms with Crippen LogP contribution in [0.15, 0.2) is 18.3 Å². The van der Waals surface area contributed by atoms with Crippen molar-refractivity contribution in [2.45, 2.75) is 25.8 Å². The smallest absolute Gasteiger partial charge is 0.126 e. The van der Waals surface area contributed by atoms with E-state index in [9.17, 15) is 0 Å². The van der Waals surface area contributed by atoms with Crippen LogP contribution in [0.2, 0.25) is 0 Å². The average Bonchev–Trinajstić information content (AvgIpc) is 2.30. The Balaban J connectivity index is 1.71. The second-order valence-corrected chi connectivity index (χ2v) is 5.11. The summed E-state index contributed by atoms with van der Waals surface area (Å²) >= 11 is 0. The van der Waals surface area contributed by atoms with Crippen molar-refractivity contribution < 1.29 is 0 Å². The van der Waals surface area contributed by atoms with Crippen molar-refractivity contribution in [1.29, 1.82) is 0 Å². The van der Waals surface area contributed by atoms with Crippen LogP contribution in [-0.2, 0) is 0 Å². The third-order valence-electron chi connectivity index (χ3n) is 3.90. The molecule has 0 aliphatic carbocycles. The Morgan fingerprint density at radius 1 is 1.38 bits per heavy atom. The maximum atomic E-state index is 4.39. The Morgan fingerprint density at radius 3 is 2.81 bits per heavy atom. The molecule has 2 bridgehead atoms. The Labute approximate surface area is 96.9 Å². The van der Waals surface area contributed by atoms with E-state index in [1.807, 2.05) is 12.3 Å². The zero-order chi connectivity index (χ0) is 11.0. The molecule has 3 aliphatic heterocycles. The fourth-order valence-corrected chi connectivity index (χ4v) is 2.93. The maximum absolute atomic E-state index is 4.39. The molecule has 3 nitrogen and oxygen atoms in total. The monoisotopic (exact) mass is 217 g/mol. The van der Waals surface area contributed by atoms with Crippen molar-refractivity contribution in [3.63, 3.8) is 0 Å². The van der Waals surface area contributed by atoms with Crippen LogP contribution in [0.4, 0.5) is 5.82 Å². The molecule has 0 amide bonds. The number of aryl methyl sites for hydroxylation is 1. The predicted octanol–water partition coefficient (Wildman–Crippen LogP) is 1.90. The van der Waals surface area contributed by atoms with Gasteiger partial charge in [-0.15, -0.1) is 0 Å². The number of rotatable bonds is 2. The topological polar surface area (TPSA) is 28.2 Å². The summed E-state index contributed by atoms with van der Waals surface area (Å²) in [4.78, 5) is 6.95. The predicted molar refractivity (Wildman–Crippen MR) is 65.5 cm³/mol. The van der Waals surface area contributed by atoms with Crippen LogP contribution in [0.3, 0.4) is 0 Å². The van der Waals surface area contributed by atoms with Crippen molar-refractivity contribution >= 4 is 5.82 Å². The van der Waals surface area contributed by atoms with Gasteiger partial charge in [-0.3, -0.25) is 0 Å². The molecule has 0 spiro atoms. The van der Waals surface area contributed by atoms with Gasteiger partial charge in [-0.25, -0.2) is 4.98 Å². The lowest BCUT2D eigenvalue weighted by Gasteiger charge is -2.45. The van der Waals surface area contributed by atoms with Gasteiger partial charge in [0.25, 0.3) is 0 Å². The fourth-order valence-electron chi connectivity index (χ4n) is 2.93. The molecular formula is C13H19N3. The van der Waals surface area contributed by atoms with Crippen LogP contribution < -0.4 is 5.32 Å². The highest BCUT2D eigenvalue weighted by Gasteiger charge is 2.33. The van der Waals surface area contributed by atoms with Gasteiger partial charge in [-0.05, 0) is 56.5 Å². The SMILES string of the molecule is Cc1ccnc(NC2CN3CCC2CC3)c1. The van der Waals surface area contributed by atoms with Crippen molar-refractivity contribution in [2.24, 2.45) is 5.92 Å². The van der Waals surface area contributed by atoms with Gasteiger partial charge in [0.1, 0.15) is 5.82 Å². The highest BCUT2D eigenvalue weighted by Crippen LogP contribution is 2.29. The highest BCUT2D eigenvalue weighted by atomic mass is 15.2. The highest BCUT2D eigenvalue weighted by molar-refractivity contribution is 5.38. The minimum Gasteiger partial charge on any atom is -0.366 e. The largest absolute Gasteiger partial charge is 0.366 e. The molecule has 0 aromatic carbocycles. The standard InChI is InChI=1S/C13H19N3/c1-10-2-5-14-13(8-10)15-12-9-16-6-3-11(12)4-7-16/h2,5,8,11-12H,3-4,6-7,9H2,1H3,(H,14,15). The number of piperidine rings is 3. The van der Waals surface area contributed by atoms with Crippen molar-refractivity contribution in [3.05, 3.63) is 23.9 Å². The minimum atomic E-state index is 0.608. The Morgan fingerprint density at radius 2 is 2.19 bits per heavy atom. The van der Waals surface area contributed by atoms with Gasteiger partial charge in [-0.2, -0.15) is 0 Å². The molecule has 1 unspecified atom stereocenters. The lowest BCUT2D eigenvalue weighted by atomic mass is 9.84. The summed E-state index contributed by atoms with van der Waals surface area (Å²) in [6.07, 6.45) is 4.59. The van der Waals surface area contributed by atoms with Gasteiger partial charge < -0.3 is 10.2 Å². The number of aromatic nitrogens is 1. The van der Waals surface area contributed by atoms with Crippen LogP contribution in [0, 0.1) is 12.8 Å². The maximum Gasteiger partial charge on any atom is 0.126 e. The molecule has 1 atom stereocenters. The van der Waals surface area contributed by atoms with E-state index in [0.717, 1.165) is 11.7 Å². The molecule has 1 N–H and O–H groups in total. The molecule has 1 aromatic heterocycles. The van der Waals surface area contributed by atoms with Gasteiger partial charge in [-0.1, -0.05) is 0 Å². The molecular weight excluding hydrogens is 198 g/mol. The molecule has 3 aliphatic rings. The summed E-state index contributed by atoms with van der Waals surface area (Å²) in [6, 6.07) is 4.79. The second kappa shape index (κ2) is 4.06. The molecule has 16 heavy (non-hydrogen) atoms. The van der Waals surface area contributed by atoms with Crippen molar-refractivity contribution in [1.82, 2.24) is 9.88 Å². The number of nitrogens with one attached hydrogen (secondary N) is 1. The van der Waals surface area contributed by atoms with Gasteiger partial charge in [0.2, 0.25) is 0 Å². The molecule has 3 saturated heterocycles. The average molecular weight is 217 g/mol. The van der Waals surface area contributed by atoms with Gasteiger partial charge >= 0.3 is 0 Å². The molecule has 0 radical (unpaired) electrons. The number of fused-ring (bicyclic) bond motifs is 3. The van der Waals surface area contributed by atoms with Crippen molar-refractivity contribution in [2.75, 3.05) is 25.0 Å². The number of pyridine rings is 1. The lowest BCUT2D eigenvalue weighted by Crippen LogP contribution is -2.53. The molecule has 4 heterocycles. The first-order chi connectivity index (χ1) is 7.81. The third-order valence-corrected chi connectivity index (χ3v) is 3.90. The van der Waals surface area contributed by atoms with Crippen LogP contribution in [0.25, 0.3) is 0 Å². The summed E-state index contributed by atoms with van der Waals surface area (Å²) in [5.41, 5.74) is 1.28. The zero-order valence-corrected chi connectivity index (χ0v) is 9.82. The number of anilines is 1. The Kier molecular flexibility index (Phi) is 2.56. The van der Waals surface area contributed by atoms with Gasteiger partial charge in [0.05, 0.1) is 0 Å². The molecule has 86 valence electrons. The van der Waals surface area contributed by atoms with Crippen LogP contribution in [0.1, 0.15) is 18.4 Å². The molecule has 0 saturated carbocycles. The molecule has 4 rings (SSSR count). The first-order valence-electron chi connectivity index (χ1n) is 6.23. The van der Waals surface area contributed by atoms with Gasteiger partial charge in [0.15, 0.2) is 0 Å². The fraction of sp³-hybridized carbons (Fsp3) is 0.615. The minimum absolute atomic E-state index is 0.608. The lowest BCUT2D eigenvalue weighted by molar-refractivity contribution is 0.0974. The van der Waals surface area contributed by atoms with E-state index in [-0.39, 0.29) is 0 Å². The quantitative estimate of drug-likeness (QED) is 0.820. The summed E-state index contributed by atoms with van der Waals surface area (Å²) in [5, 5.41) is 3.60. The van der Waals surface area contributed by atoms with Crippen LogP contribution in [0.5, 0.6) is 0 Å². The van der Waals surface area contributed by atoms with E-state index in [1.54, 1.807) is 0 Å². The third kappa shape index (κ3) is 1.92. The van der Waals surface area contributed by atoms with Crippen LogP contribution in [-0.4, -0.2) is 35.6 Å². The summed E-state index contributed by atoms with van der Waals surface area (Å²) < 4.78 is 0. The summed E-state index contributed by atoms with van der Waals surface area (Å²) in [6.45, 7) is 5.90. The van der Waals surface area contributed by atoms with E-state index in [0.29, 0.717) is 6.04 Å². The molecule has 1 aromatic rings. The van der Waals surface area contributed by atoms with Crippen LogP contribution >= 0.6 is 0 Å². The van der Waals surface area contributed by atoms with E-state index < -0.39 is 0 Å². The first-order valence-corrected chi connectivity index (χ1v) is 6.23.